The van der Waals surface area contributed by atoms with Crippen LogP contribution in [0, 0.1) is 0 Å². The minimum atomic E-state index is -1.32. The van der Waals surface area contributed by atoms with E-state index in [-0.39, 0.29) is 0 Å². The quantitative estimate of drug-likeness (QED) is 0.307. The van der Waals surface area contributed by atoms with Crippen molar-refractivity contribution in [1.82, 2.24) is 25.0 Å². The number of carbonyl (C=O) groups is 1. The highest BCUT2D eigenvalue weighted by atomic mass is 32.2. The zero-order valence-corrected chi connectivity index (χ0v) is 17.1. The Hall–Kier alpha value is -2.08. The summed E-state index contributed by atoms with van der Waals surface area (Å²) in [5.74, 6) is -0.306. The maximum absolute atomic E-state index is 10.7. The van der Waals surface area contributed by atoms with Gasteiger partial charge in [0.05, 0.1) is 5.69 Å². The van der Waals surface area contributed by atoms with Crippen LogP contribution in [-0.4, -0.2) is 70.3 Å². The number of rotatable bonds is 9. The summed E-state index contributed by atoms with van der Waals surface area (Å²) in [6.07, 6.45) is 1.07. The molecule has 11 heteroatoms. The summed E-state index contributed by atoms with van der Waals surface area (Å²) in [6, 6.07) is 0. The normalized spacial score (nSPS) is 24.7. The van der Waals surface area contributed by atoms with E-state index in [2.05, 4.69) is 34.1 Å². The largest absolute Gasteiger partial charge is 0.478 e. The number of unbranched alkanes of at least 4 members (excludes halogenated alkanes) is 1. The van der Waals surface area contributed by atoms with Crippen LogP contribution in [-0.2, 0) is 16.0 Å². The lowest BCUT2D eigenvalue weighted by Gasteiger charge is -2.15. The van der Waals surface area contributed by atoms with Crippen molar-refractivity contribution in [2.45, 2.75) is 69.2 Å². The topological polar surface area (TPSA) is 143 Å². The Morgan fingerprint density at radius 2 is 2.03 bits per heavy atom. The average molecular weight is 423 g/mol. The number of hydrogen-bond donors (Lipinski definition) is 3. The molecule has 0 spiro atoms. The van der Waals surface area contributed by atoms with Gasteiger partial charge in [-0.25, -0.2) is 14.8 Å². The van der Waals surface area contributed by atoms with E-state index in [4.69, 9.17) is 9.84 Å². The lowest BCUT2D eigenvalue weighted by atomic mass is 10.1. The van der Waals surface area contributed by atoms with Crippen LogP contribution < -0.4 is 0 Å². The number of hydrogen-bond acceptors (Lipinski definition) is 9. The number of aliphatic hydroxyl groups is 2. The Bertz CT molecular complexity index is 889. The lowest BCUT2D eigenvalue weighted by Crippen LogP contribution is -2.31. The zero-order chi connectivity index (χ0) is 21.0. The molecular weight excluding hydrogens is 398 g/mol. The fraction of sp³-hybridized carbons (Fsp3) is 0.611. The molecule has 2 aromatic rings. The molecule has 3 heterocycles. The number of aliphatic carboxylic acids is 1. The minimum absolute atomic E-state index is 0.420. The molecule has 29 heavy (non-hydrogen) atoms. The van der Waals surface area contributed by atoms with Crippen LogP contribution in [0.3, 0.4) is 0 Å². The Morgan fingerprint density at radius 3 is 2.72 bits per heavy atom. The van der Waals surface area contributed by atoms with Crippen molar-refractivity contribution < 1.29 is 24.9 Å². The molecule has 0 saturated carbocycles. The summed E-state index contributed by atoms with van der Waals surface area (Å²) < 4.78 is 7.01. The summed E-state index contributed by atoms with van der Waals surface area (Å²) in [4.78, 5) is 19.9. The average Bonchev–Trinajstić information content (AvgIpc) is 3.24. The van der Waals surface area contributed by atoms with Crippen LogP contribution in [0.15, 0.2) is 17.3 Å². The smallest absolute Gasteiger partial charge is 0.328 e. The first kappa shape index (κ1) is 21.6. The molecule has 1 saturated heterocycles. The van der Waals surface area contributed by atoms with Crippen LogP contribution in [0.25, 0.3) is 11.2 Å². The summed E-state index contributed by atoms with van der Waals surface area (Å²) in [6.45, 7) is 4.17. The molecule has 0 aromatic carbocycles. The number of fused-ring (bicyclic) bond motifs is 1. The van der Waals surface area contributed by atoms with Crippen molar-refractivity contribution in [3.8, 4) is 0 Å². The predicted molar refractivity (Wildman–Crippen MR) is 105 cm³/mol. The molecule has 1 fully saturated rings. The first-order valence-corrected chi connectivity index (χ1v) is 10.6. The van der Waals surface area contributed by atoms with Crippen LogP contribution in [0.5, 0.6) is 0 Å². The van der Waals surface area contributed by atoms with Gasteiger partial charge in [0.2, 0.25) is 0 Å². The molecule has 10 nitrogen and oxygen atoms in total. The third-order valence-electron chi connectivity index (χ3n) is 4.52. The number of carboxylic acid groups (broad SMARTS) is 1. The number of ether oxygens (including phenoxy) is 1. The number of thioether (sulfide) groups is 1. The summed E-state index contributed by atoms with van der Waals surface area (Å²) >= 11 is 1.53. The highest BCUT2D eigenvalue weighted by molar-refractivity contribution is 7.99. The van der Waals surface area contributed by atoms with E-state index in [9.17, 15) is 15.0 Å². The van der Waals surface area contributed by atoms with Crippen molar-refractivity contribution >= 4 is 28.9 Å². The van der Waals surface area contributed by atoms with Crippen molar-refractivity contribution in [2.24, 2.45) is 0 Å². The molecule has 4 atom stereocenters. The Kier molecular flexibility index (Phi) is 7.17. The lowest BCUT2D eigenvalue weighted by molar-refractivity contribution is -0.131. The fourth-order valence-corrected chi connectivity index (χ4v) is 3.75. The molecule has 3 N–H and O–H groups in total. The standard InChI is InChI=1S/C18H25N5O5S/c1-3-5-6-10-13-16(20-18(19-10)29-9-4-2)23(22-21-13)17-15(27)14(26)11(28-17)7-8-12(24)25/h7-8,11,14-15,17,26-27H,3-6,9H2,1-2H3,(H,24,25)/b8-7+/t11-,14-,15-,17-/m1/s1. The second-order valence-electron chi connectivity index (χ2n) is 6.78. The van der Waals surface area contributed by atoms with Crippen LogP contribution in [0.4, 0.5) is 0 Å². The summed E-state index contributed by atoms with van der Waals surface area (Å²) in [5.41, 5.74) is 1.75. The number of aliphatic hydroxyl groups excluding tert-OH is 2. The van der Waals surface area contributed by atoms with Gasteiger partial charge in [-0.05, 0) is 25.3 Å². The van der Waals surface area contributed by atoms with Crippen LogP contribution >= 0.6 is 11.8 Å². The van der Waals surface area contributed by atoms with E-state index in [1.165, 1.54) is 22.5 Å². The Labute approximate surface area is 172 Å². The van der Waals surface area contributed by atoms with Gasteiger partial charge >= 0.3 is 5.97 Å². The summed E-state index contributed by atoms with van der Waals surface area (Å²) in [5, 5.41) is 38.4. The second kappa shape index (κ2) is 9.61. The predicted octanol–water partition coefficient (Wildman–Crippen LogP) is 1.33. The number of carboxylic acids is 1. The van der Waals surface area contributed by atoms with Gasteiger partial charge in [-0.15, -0.1) is 5.10 Å². The first-order chi connectivity index (χ1) is 14.0. The molecule has 158 valence electrons. The fourth-order valence-electron chi connectivity index (χ4n) is 3.03. The van der Waals surface area contributed by atoms with E-state index in [1.54, 1.807) is 0 Å². The van der Waals surface area contributed by atoms with Gasteiger partial charge in [0.25, 0.3) is 0 Å². The monoisotopic (exact) mass is 423 g/mol. The van der Waals surface area contributed by atoms with E-state index in [0.29, 0.717) is 16.3 Å². The molecule has 1 aliphatic rings. The maximum Gasteiger partial charge on any atom is 0.328 e. The zero-order valence-electron chi connectivity index (χ0n) is 16.3. The second-order valence-corrected chi connectivity index (χ2v) is 7.84. The molecular formula is C18H25N5O5S. The SMILES string of the molecule is CCCCc1nc(SCCC)nc2c1nnn2[C@@H]1O[C@H](/C=C/C(=O)O)[C@@H](O)[C@H]1O. The van der Waals surface area contributed by atoms with Gasteiger partial charge in [0.1, 0.15) is 18.3 Å². The summed E-state index contributed by atoms with van der Waals surface area (Å²) in [7, 11) is 0. The van der Waals surface area contributed by atoms with Crippen LogP contribution in [0.1, 0.15) is 45.0 Å². The number of nitrogens with zero attached hydrogens (tertiary/aromatic N) is 5. The van der Waals surface area contributed by atoms with Crippen molar-refractivity contribution in [2.75, 3.05) is 5.75 Å². The maximum atomic E-state index is 10.7. The van der Waals surface area contributed by atoms with Crippen LogP contribution in [0.2, 0.25) is 0 Å². The third-order valence-corrected chi connectivity index (χ3v) is 5.58. The molecule has 0 unspecified atom stereocenters. The van der Waals surface area contributed by atoms with E-state index in [0.717, 1.165) is 43.2 Å². The highest BCUT2D eigenvalue weighted by Crippen LogP contribution is 2.32. The molecule has 0 bridgehead atoms. The number of aryl methyl sites for hydroxylation is 1. The van der Waals surface area contributed by atoms with E-state index < -0.39 is 30.5 Å². The van der Waals surface area contributed by atoms with E-state index in [1.807, 2.05) is 0 Å². The van der Waals surface area contributed by atoms with Gasteiger partial charge in [-0.1, -0.05) is 37.2 Å². The molecule has 1 aliphatic heterocycles. The van der Waals surface area contributed by atoms with Gasteiger partial charge in [-0.3, -0.25) is 0 Å². The molecule has 0 aliphatic carbocycles. The molecule has 3 rings (SSSR count). The molecule has 0 amide bonds. The Balaban J connectivity index is 1.97. The highest BCUT2D eigenvalue weighted by Gasteiger charge is 2.44. The first-order valence-electron chi connectivity index (χ1n) is 9.63. The molecule has 2 aromatic heterocycles. The number of aromatic nitrogens is 5. The molecule has 0 radical (unpaired) electrons. The van der Waals surface area contributed by atoms with Crippen molar-refractivity contribution in [1.29, 1.82) is 0 Å². The van der Waals surface area contributed by atoms with E-state index >= 15 is 0 Å². The Morgan fingerprint density at radius 1 is 1.24 bits per heavy atom. The van der Waals surface area contributed by atoms with Crippen molar-refractivity contribution in [3.63, 3.8) is 0 Å². The van der Waals surface area contributed by atoms with Gasteiger partial charge in [0, 0.05) is 11.8 Å². The third kappa shape index (κ3) is 4.74. The van der Waals surface area contributed by atoms with Crippen molar-refractivity contribution in [3.05, 3.63) is 17.8 Å². The van der Waals surface area contributed by atoms with Gasteiger partial charge in [-0.2, -0.15) is 4.68 Å². The minimum Gasteiger partial charge on any atom is -0.478 e. The van der Waals surface area contributed by atoms with Gasteiger partial charge < -0.3 is 20.1 Å². The van der Waals surface area contributed by atoms with Gasteiger partial charge in [0.15, 0.2) is 22.5 Å².